The molecule has 5 aromatic rings. The minimum absolute atomic E-state index is 0.0858. The van der Waals surface area contributed by atoms with Gasteiger partial charge in [0.15, 0.2) is 16.8 Å². The van der Waals surface area contributed by atoms with Crippen LogP contribution in [0, 0.1) is 20.8 Å². The summed E-state index contributed by atoms with van der Waals surface area (Å²) >= 11 is 1.42. The van der Waals surface area contributed by atoms with Crippen molar-refractivity contribution in [3.63, 3.8) is 0 Å². The Bertz CT molecular complexity index is 1480. The number of ketones is 1. The number of thioether (sulfide) groups is 1. The monoisotopic (exact) mass is 496 g/mol. The Morgan fingerprint density at radius 3 is 2.11 bits per heavy atom. The molecule has 0 saturated heterocycles. The van der Waals surface area contributed by atoms with E-state index in [2.05, 4.69) is 50.5 Å². The molecule has 0 spiro atoms. The van der Waals surface area contributed by atoms with Crippen LogP contribution in [0.15, 0.2) is 88.6 Å². The highest BCUT2D eigenvalue weighted by molar-refractivity contribution is 7.99. The Balaban J connectivity index is 1.38. The summed E-state index contributed by atoms with van der Waals surface area (Å²) in [6, 6.07) is 24.4. The highest BCUT2D eigenvalue weighted by Crippen LogP contribution is 2.29. The van der Waals surface area contributed by atoms with Gasteiger partial charge in [-0.25, -0.2) is 0 Å². The molecule has 0 aliphatic carbocycles. The normalized spacial score (nSPS) is 11.2. The van der Waals surface area contributed by atoms with Gasteiger partial charge in [-0.2, -0.15) is 0 Å². The molecule has 0 fully saturated rings. The van der Waals surface area contributed by atoms with Crippen molar-refractivity contribution in [2.75, 3.05) is 5.75 Å². The lowest BCUT2D eigenvalue weighted by Gasteiger charge is -2.11. The zero-order chi connectivity index (χ0) is 25.1. The Hall–Kier alpha value is -3.84. The summed E-state index contributed by atoms with van der Waals surface area (Å²) in [5, 5.41) is 9.63. The van der Waals surface area contributed by atoms with Crippen molar-refractivity contribution in [3.8, 4) is 11.4 Å². The second-order valence-corrected chi connectivity index (χ2v) is 9.78. The summed E-state index contributed by atoms with van der Waals surface area (Å²) in [6.45, 7) is 7.34. The van der Waals surface area contributed by atoms with Crippen LogP contribution < -0.4 is 0 Å². The third kappa shape index (κ3) is 4.93. The van der Waals surface area contributed by atoms with E-state index in [1.807, 2.05) is 62.4 Å². The van der Waals surface area contributed by atoms with E-state index in [0.717, 1.165) is 46.2 Å². The van der Waals surface area contributed by atoms with Crippen LogP contribution in [-0.2, 0) is 13.1 Å². The second-order valence-electron chi connectivity index (χ2n) is 8.84. The Morgan fingerprint density at radius 2 is 1.50 bits per heavy atom. The highest BCUT2D eigenvalue weighted by atomic mass is 32.2. The Labute approximate surface area is 215 Å². The van der Waals surface area contributed by atoms with Crippen LogP contribution in [0.2, 0.25) is 0 Å². The van der Waals surface area contributed by atoms with E-state index >= 15 is 0 Å². The van der Waals surface area contributed by atoms with Crippen molar-refractivity contribution in [1.82, 2.24) is 19.3 Å². The van der Waals surface area contributed by atoms with Crippen molar-refractivity contribution < 1.29 is 9.21 Å². The van der Waals surface area contributed by atoms with Gasteiger partial charge in [-0.05, 0) is 44.0 Å². The van der Waals surface area contributed by atoms with E-state index in [4.69, 9.17) is 4.42 Å². The van der Waals surface area contributed by atoms with Crippen LogP contribution in [0.4, 0.5) is 0 Å². The van der Waals surface area contributed by atoms with E-state index in [-0.39, 0.29) is 11.5 Å². The molecule has 0 unspecified atom stereocenters. The number of hydrogen-bond donors (Lipinski definition) is 0. The highest BCUT2D eigenvalue weighted by Gasteiger charge is 2.21. The summed E-state index contributed by atoms with van der Waals surface area (Å²) in [7, 11) is 0. The average molecular weight is 497 g/mol. The molecule has 0 aliphatic heterocycles. The number of hydrogen-bond acceptors (Lipinski definition) is 5. The molecule has 2 aromatic carbocycles. The fraction of sp³-hybridized carbons (Fsp3) is 0.207. The molecule has 0 aliphatic rings. The van der Waals surface area contributed by atoms with Gasteiger partial charge in [0.25, 0.3) is 0 Å². The van der Waals surface area contributed by atoms with Gasteiger partial charge >= 0.3 is 0 Å². The van der Waals surface area contributed by atoms with Crippen LogP contribution >= 0.6 is 11.8 Å². The summed E-state index contributed by atoms with van der Waals surface area (Å²) < 4.78 is 9.77. The molecule has 6 nitrogen and oxygen atoms in total. The summed E-state index contributed by atoms with van der Waals surface area (Å²) in [4.78, 5) is 13.3. The van der Waals surface area contributed by atoms with Crippen molar-refractivity contribution in [2.45, 2.75) is 39.0 Å². The first-order valence-electron chi connectivity index (χ1n) is 11.9. The number of rotatable bonds is 9. The number of furan rings is 1. The van der Waals surface area contributed by atoms with Gasteiger partial charge in [0, 0.05) is 23.5 Å². The van der Waals surface area contributed by atoms with E-state index in [9.17, 15) is 4.79 Å². The van der Waals surface area contributed by atoms with Gasteiger partial charge in [0.2, 0.25) is 0 Å². The maximum Gasteiger partial charge on any atom is 0.192 e. The predicted octanol–water partition coefficient (Wildman–Crippen LogP) is 6.34. The predicted molar refractivity (Wildman–Crippen MR) is 143 cm³/mol. The van der Waals surface area contributed by atoms with Crippen LogP contribution in [0.3, 0.4) is 0 Å². The zero-order valence-electron chi connectivity index (χ0n) is 20.6. The lowest BCUT2D eigenvalue weighted by atomic mass is 10.2. The Kier molecular flexibility index (Phi) is 6.91. The van der Waals surface area contributed by atoms with Crippen LogP contribution in [0.25, 0.3) is 11.4 Å². The fourth-order valence-corrected chi connectivity index (χ4v) is 5.24. The molecule has 0 bridgehead atoms. The first-order chi connectivity index (χ1) is 17.5. The SMILES string of the molecule is Cc1occc1-c1nnc(SCC(=O)c2cc(C)n(Cc3ccccc3)c2C)n1Cc1ccccc1. The zero-order valence-corrected chi connectivity index (χ0v) is 21.5. The minimum Gasteiger partial charge on any atom is -0.469 e. The molecule has 0 radical (unpaired) electrons. The second kappa shape index (κ2) is 10.4. The molecular weight excluding hydrogens is 468 g/mol. The molecule has 0 saturated carbocycles. The first kappa shape index (κ1) is 23.9. The van der Waals surface area contributed by atoms with Gasteiger partial charge < -0.3 is 8.98 Å². The molecule has 36 heavy (non-hydrogen) atoms. The molecular formula is C29H28N4O2S. The quantitative estimate of drug-likeness (QED) is 0.176. The van der Waals surface area contributed by atoms with Gasteiger partial charge in [-0.1, -0.05) is 72.4 Å². The molecule has 3 aromatic heterocycles. The topological polar surface area (TPSA) is 65.8 Å². The standard InChI is InChI=1S/C29H28N4O2S/c1-20-16-26(21(2)32(20)17-23-10-6-4-7-11-23)27(34)19-36-29-31-30-28(25-14-15-35-22(25)3)33(29)18-24-12-8-5-9-13-24/h4-16H,17-19H2,1-3H3. The van der Waals surface area contributed by atoms with E-state index < -0.39 is 0 Å². The van der Waals surface area contributed by atoms with E-state index in [1.54, 1.807) is 6.26 Å². The maximum atomic E-state index is 13.3. The summed E-state index contributed by atoms with van der Waals surface area (Å²) in [6.07, 6.45) is 1.66. The fourth-order valence-electron chi connectivity index (χ4n) is 4.42. The number of aromatic nitrogens is 4. The number of aryl methyl sites for hydroxylation is 2. The number of Topliss-reactive ketones (excluding diaryl/α,β-unsaturated/α-hetero) is 1. The van der Waals surface area contributed by atoms with Crippen LogP contribution in [0.5, 0.6) is 0 Å². The van der Waals surface area contributed by atoms with E-state index in [1.165, 1.54) is 17.3 Å². The smallest absolute Gasteiger partial charge is 0.192 e. The van der Waals surface area contributed by atoms with Gasteiger partial charge in [0.1, 0.15) is 5.76 Å². The van der Waals surface area contributed by atoms with Crippen LogP contribution in [0.1, 0.15) is 38.6 Å². The maximum absolute atomic E-state index is 13.3. The minimum atomic E-state index is 0.0858. The van der Waals surface area contributed by atoms with Crippen LogP contribution in [-0.4, -0.2) is 30.9 Å². The van der Waals surface area contributed by atoms with Crippen molar-refractivity contribution in [3.05, 3.63) is 113 Å². The molecule has 0 amide bonds. The number of carbonyl (C=O) groups excluding carboxylic acids is 1. The molecule has 0 atom stereocenters. The summed E-state index contributed by atoms with van der Waals surface area (Å²) in [5.41, 5.74) is 6.08. The van der Waals surface area contributed by atoms with Gasteiger partial charge in [-0.15, -0.1) is 10.2 Å². The number of nitrogens with zero attached hydrogens (tertiary/aromatic N) is 4. The number of carbonyl (C=O) groups is 1. The third-order valence-electron chi connectivity index (χ3n) is 6.39. The first-order valence-corrected chi connectivity index (χ1v) is 12.9. The van der Waals surface area contributed by atoms with Crippen molar-refractivity contribution >= 4 is 17.5 Å². The third-order valence-corrected chi connectivity index (χ3v) is 7.36. The molecule has 5 rings (SSSR count). The Morgan fingerprint density at radius 1 is 0.861 bits per heavy atom. The van der Waals surface area contributed by atoms with E-state index in [0.29, 0.717) is 11.7 Å². The van der Waals surface area contributed by atoms with Gasteiger partial charge in [-0.3, -0.25) is 9.36 Å². The summed E-state index contributed by atoms with van der Waals surface area (Å²) in [5.74, 6) is 1.89. The van der Waals surface area contributed by atoms with Gasteiger partial charge in [0.05, 0.1) is 24.1 Å². The number of benzene rings is 2. The molecule has 3 heterocycles. The van der Waals surface area contributed by atoms with Crippen molar-refractivity contribution in [1.29, 1.82) is 0 Å². The lowest BCUT2D eigenvalue weighted by molar-refractivity contribution is 0.102. The molecule has 182 valence electrons. The molecule has 7 heteroatoms. The van der Waals surface area contributed by atoms with Crippen molar-refractivity contribution in [2.24, 2.45) is 0 Å². The lowest BCUT2D eigenvalue weighted by Crippen LogP contribution is -2.09. The average Bonchev–Trinajstić information content (AvgIpc) is 3.57. The largest absolute Gasteiger partial charge is 0.469 e. The molecule has 0 N–H and O–H groups in total.